The number of likely N-dealkylation sites (N-methyl/N-ethyl adjacent to an activating group) is 2. The zero-order valence-corrected chi connectivity index (χ0v) is 10.2. The van der Waals surface area contributed by atoms with E-state index < -0.39 is 10.7 Å². The van der Waals surface area contributed by atoms with Gasteiger partial charge in [-0.2, -0.15) is 0 Å². The van der Waals surface area contributed by atoms with Crippen molar-refractivity contribution in [3.63, 3.8) is 0 Å². The van der Waals surface area contributed by atoms with Crippen molar-refractivity contribution in [1.82, 2.24) is 4.90 Å². The molecular weight excluding hydrogens is 225 g/mol. The summed E-state index contributed by atoms with van der Waals surface area (Å²) in [5, 5.41) is 10.5. The van der Waals surface area contributed by atoms with Gasteiger partial charge in [-0.25, -0.2) is 4.39 Å². The van der Waals surface area contributed by atoms with Crippen LogP contribution >= 0.6 is 0 Å². The number of hydrogen-bond donors (Lipinski definition) is 0. The number of halogens is 1. The molecule has 0 saturated carbocycles. The van der Waals surface area contributed by atoms with E-state index in [1.165, 1.54) is 12.1 Å². The Hall–Kier alpha value is -1.69. The lowest BCUT2D eigenvalue weighted by Gasteiger charge is -2.21. The van der Waals surface area contributed by atoms with E-state index in [1.54, 1.807) is 11.9 Å². The molecule has 0 aliphatic carbocycles. The van der Waals surface area contributed by atoms with Gasteiger partial charge in [0.1, 0.15) is 0 Å². The van der Waals surface area contributed by atoms with Crippen LogP contribution in [0.3, 0.4) is 0 Å². The van der Waals surface area contributed by atoms with Crippen molar-refractivity contribution in [2.24, 2.45) is 0 Å². The lowest BCUT2D eigenvalue weighted by atomic mass is 10.2. The first-order valence-electron chi connectivity index (χ1n) is 5.21. The van der Waals surface area contributed by atoms with Crippen molar-refractivity contribution < 1.29 is 9.31 Å². The van der Waals surface area contributed by atoms with Crippen LogP contribution in [-0.2, 0) is 0 Å². The van der Waals surface area contributed by atoms with E-state index in [1.807, 2.05) is 19.0 Å². The number of non-ortho nitro benzene ring substituents is 1. The van der Waals surface area contributed by atoms with Gasteiger partial charge < -0.3 is 9.80 Å². The number of nitrogens with zero attached hydrogens (tertiary/aromatic N) is 3. The second kappa shape index (κ2) is 5.58. The minimum Gasteiger partial charge on any atom is -0.371 e. The molecule has 0 amide bonds. The van der Waals surface area contributed by atoms with Crippen molar-refractivity contribution in [1.29, 1.82) is 0 Å². The van der Waals surface area contributed by atoms with Gasteiger partial charge in [-0.3, -0.25) is 10.1 Å². The SMILES string of the molecule is CN(C)CCN(C)c1ccc([N+](=O)[O-])cc1F. The number of benzene rings is 1. The Morgan fingerprint density at radius 2 is 1.94 bits per heavy atom. The maximum absolute atomic E-state index is 13.6. The van der Waals surface area contributed by atoms with Crippen molar-refractivity contribution in [2.45, 2.75) is 0 Å². The predicted octanol–water partition coefficient (Wildman–Crippen LogP) is 1.73. The van der Waals surface area contributed by atoms with Crippen LogP contribution in [0, 0.1) is 15.9 Å². The molecule has 0 atom stereocenters. The van der Waals surface area contributed by atoms with Gasteiger partial charge in [-0.1, -0.05) is 0 Å². The van der Waals surface area contributed by atoms with Crippen molar-refractivity contribution in [3.05, 3.63) is 34.1 Å². The molecule has 1 aromatic carbocycles. The summed E-state index contributed by atoms with van der Waals surface area (Å²) in [5.41, 5.74) is 0.143. The molecule has 0 aliphatic rings. The van der Waals surface area contributed by atoms with Gasteiger partial charge in [0, 0.05) is 26.2 Å². The van der Waals surface area contributed by atoms with Crippen LogP contribution in [0.5, 0.6) is 0 Å². The summed E-state index contributed by atoms with van der Waals surface area (Å²) in [6, 6.07) is 3.69. The van der Waals surface area contributed by atoms with E-state index in [4.69, 9.17) is 0 Å². The third kappa shape index (κ3) is 3.67. The minimum absolute atomic E-state index is 0.229. The van der Waals surface area contributed by atoms with E-state index in [0.29, 0.717) is 12.2 Å². The Morgan fingerprint density at radius 1 is 1.29 bits per heavy atom. The molecule has 5 nitrogen and oxygen atoms in total. The summed E-state index contributed by atoms with van der Waals surface area (Å²) >= 11 is 0. The lowest BCUT2D eigenvalue weighted by Crippen LogP contribution is -2.29. The highest BCUT2D eigenvalue weighted by Crippen LogP contribution is 2.22. The Bertz CT molecular complexity index is 410. The predicted molar refractivity (Wildman–Crippen MR) is 64.9 cm³/mol. The molecule has 0 saturated heterocycles. The highest BCUT2D eigenvalue weighted by atomic mass is 19.1. The molecular formula is C11H16FN3O2. The molecule has 0 aliphatic heterocycles. The van der Waals surface area contributed by atoms with Gasteiger partial charge in [-0.15, -0.1) is 0 Å². The van der Waals surface area contributed by atoms with E-state index in [9.17, 15) is 14.5 Å². The molecule has 0 radical (unpaired) electrons. The highest BCUT2D eigenvalue weighted by Gasteiger charge is 2.13. The van der Waals surface area contributed by atoms with E-state index in [2.05, 4.69) is 0 Å². The van der Waals surface area contributed by atoms with Crippen LogP contribution in [0.15, 0.2) is 18.2 Å². The van der Waals surface area contributed by atoms with Gasteiger partial charge in [0.05, 0.1) is 16.7 Å². The van der Waals surface area contributed by atoms with Crippen molar-refractivity contribution >= 4 is 11.4 Å². The summed E-state index contributed by atoms with van der Waals surface area (Å²) < 4.78 is 13.6. The Morgan fingerprint density at radius 3 is 2.41 bits per heavy atom. The Kier molecular flexibility index (Phi) is 4.39. The average Bonchev–Trinajstić information content (AvgIpc) is 2.25. The zero-order chi connectivity index (χ0) is 13.0. The quantitative estimate of drug-likeness (QED) is 0.582. The zero-order valence-electron chi connectivity index (χ0n) is 10.2. The number of hydrogen-bond acceptors (Lipinski definition) is 4. The number of anilines is 1. The maximum atomic E-state index is 13.6. The van der Waals surface area contributed by atoms with Crippen LogP contribution in [-0.4, -0.2) is 44.1 Å². The smallest absolute Gasteiger partial charge is 0.272 e. The van der Waals surface area contributed by atoms with Crippen LogP contribution < -0.4 is 4.90 Å². The fourth-order valence-electron chi connectivity index (χ4n) is 1.39. The average molecular weight is 241 g/mol. The molecule has 1 aromatic rings. The van der Waals surface area contributed by atoms with Crippen LogP contribution in [0.1, 0.15) is 0 Å². The van der Waals surface area contributed by atoms with E-state index in [-0.39, 0.29) is 5.69 Å². The summed E-state index contributed by atoms with van der Waals surface area (Å²) in [7, 11) is 5.62. The normalized spacial score (nSPS) is 10.6. The number of rotatable bonds is 5. The van der Waals surface area contributed by atoms with Gasteiger partial charge in [0.15, 0.2) is 5.82 Å². The molecule has 0 spiro atoms. The third-order valence-electron chi connectivity index (χ3n) is 2.44. The first-order valence-corrected chi connectivity index (χ1v) is 5.21. The van der Waals surface area contributed by atoms with Gasteiger partial charge >= 0.3 is 0 Å². The first kappa shape index (κ1) is 13.4. The number of nitro groups is 1. The molecule has 0 bridgehead atoms. The molecule has 6 heteroatoms. The van der Waals surface area contributed by atoms with Gasteiger partial charge in [0.25, 0.3) is 5.69 Å². The molecule has 0 fully saturated rings. The second-order valence-electron chi connectivity index (χ2n) is 4.12. The van der Waals surface area contributed by atoms with Gasteiger partial charge in [-0.05, 0) is 20.2 Å². The van der Waals surface area contributed by atoms with Crippen LogP contribution in [0.4, 0.5) is 15.8 Å². The molecule has 1 rings (SSSR count). The van der Waals surface area contributed by atoms with Crippen LogP contribution in [0.25, 0.3) is 0 Å². The van der Waals surface area contributed by atoms with Crippen LogP contribution in [0.2, 0.25) is 0 Å². The molecule has 0 N–H and O–H groups in total. The minimum atomic E-state index is -0.604. The fourth-order valence-corrected chi connectivity index (χ4v) is 1.39. The summed E-state index contributed by atoms with van der Waals surface area (Å²) in [4.78, 5) is 13.6. The fraction of sp³-hybridized carbons (Fsp3) is 0.455. The topological polar surface area (TPSA) is 49.6 Å². The number of nitro benzene ring substituents is 1. The largest absolute Gasteiger partial charge is 0.371 e. The standard InChI is InChI=1S/C11H16FN3O2/c1-13(2)6-7-14(3)11-5-4-9(15(16)17)8-10(11)12/h4-5,8H,6-7H2,1-3H3. The molecule has 0 aromatic heterocycles. The molecule has 0 unspecified atom stereocenters. The lowest BCUT2D eigenvalue weighted by molar-refractivity contribution is -0.385. The first-order chi connectivity index (χ1) is 7.91. The summed E-state index contributed by atoms with van der Waals surface area (Å²) in [6.45, 7) is 1.44. The highest BCUT2D eigenvalue weighted by molar-refractivity contribution is 5.51. The molecule has 0 heterocycles. The third-order valence-corrected chi connectivity index (χ3v) is 2.44. The molecule has 94 valence electrons. The summed E-state index contributed by atoms with van der Waals surface area (Å²) in [5.74, 6) is -0.569. The van der Waals surface area contributed by atoms with Gasteiger partial charge in [0.2, 0.25) is 0 Å². The monoisotopic (exact) mass is 241 g/mol. The van der Waals surface area contributed by atoms with E-state index in [0.717, 1.165) is 12.6 Å². The van der Waals surface area contributed by atoms with E-state index >= 15 is 0 Å². The van der Waals surface area contributed by atoms with Crippen molar-refractivity contribution in [3.8, 4) is 0 Å². The molecule has 17 heavy (non-hydrogen) atoms. The summed E-state index contributed by atoms with van der Waals surface area (Å²) in [6.07, 6.45) is 0. The van der Waals surface area contributed by atoms with Crippen molar-refractivity contribution in [2.75, 3.05) is 39.1 Å². The Balaban J connectivity index is 2.81. The second-order valence-corrected chi connectivity index (χ2v) is 4.12. The Labute approximate surface area is 99.6 Å². The maximum Gasteiger partial charge on any atom is 0.272 e.